The predicted octanol–water partition coefficient (Wildman–Crippen LogP) is 1.89. The van der Waals surface area contributed by atoms with E-state index in [4.69, 9.17) is 0 Å². The van der Waals surface area contributed by atoms with Crippen molar-refractivity contribution in [2.45, 2.75) is 33.6 Å². The van der Waals surface area contributed by atoms with Crippen LogP contribution in [0.15, 0.2) is 18.3 Å². The zero-order valence-electron chi connectivity index (χ0n) is 12.8. The third-order valence-electron chi connectivity index (χ3n) is 4.51. The second-order valence-corrected chi connectivity index (χ2v) is 6.17. The number of rotatable bonds is 4. The van der Waals surface area contributed by atoms with Crippen molar-refractivity contribution >= 4 is 11.9 Å². The highest BCUT2D eigenvalue weighted by Crippen LogP contribution is 2.38. The van der Waals surface area contributed by atoms with Gasteiger partial charge >= 0.3 is 5.97 Å². The summed E-state index contributed by atoms with van der Waals surface area (Å²) in [6.07, 6.45) is 2.51. The highest BCUT2D eigenvalue weighted by Gasteiger charge is 2.48. The number of carbonyl (C=O) groups is 2. The maximum absolute atomic E-state index is 12.3. The molecule has 1 N–H and O–H groups in total. The van der Waals surface area contributed by atoms with Crippen LogP contribution in [0.3, 0.4) is 0 Å². The average Bonchev–Trinajstić information content (AvgIpc) is 2.88. The van der Waals surface area contributed by atoms with Gasteiger partial charge in [-0.05, 0) is 30.9 Å². The Bertz CT molecular complexity index is 539. The normalized spacial score (nSPS) is 21.8. The molecule has 1 unspecified atom stereocenters. The van der Waals surface area contributed by atoms with Gasteiger partial charge in [0, 0.05) is 25.0 Å². The highest BCUT2D eigenvalue weighted by molar-refractivity contribution is 5.82. The van der Waals surface area contributed by atoms with Crippen molar-refractivity contribution in [3.05, 3.63) is 29.6 Å². The lowest BCUT2D eigenvalue weighted by atomic mass is 9.76. The molecule has 0 spiro atoms. The fourth-order valence-electron chi connectivity index (χ4n) is 2.83. The van der Waals surface area contributed by atoms with E-state index < -0.39 is 11.4 Å². The number of likely N-dealkylation sites (tertiary alicyclic amines) is 1. The molecular weight excluding hydrogens is 268 g/mol. The molecule has 1 amide bonds. The van der Waals surface area contributed by atoms with E-state index in [2.05, 4.69) is 4.98 Å². The molecule has 2 rings (SSSR count). The molecule has 1 fully saturated rings. The summed E-state index contributed by atoms with van der Waals surface area (Å²) < 4.78 is 0. The van der Waals surface area contributed by atoms with E-state index in [1.54, 1.807) is 11.1 Å². The van der Waals surface area contributed by atoms with Crippen molar-refractivity contribution in [2.24, 2.45) is 11.3 Å². The van der Waals surface area contributed by atoms with E-state index >= 15 is 0 Å². The van der Waals surface area contributed by atoms with Gasteiger partial charge in [0.15, 0.2) is 0 Å². The molecule has 0 aliphatic carbocycles. The van der Waals surface area contributed by atoms with Crippen LogP contribution in [0.25, 0.3) is 0 Å². The van der Waals surface area contributed by atoms with Gasteiger partial charge in [0.2, 0.25) is 5.91 Å². The van der Waals surface area contributed by atoms with E-state index in [0.717, 1.165) is 11.3 Å². The van der Waals surface area contributed by atoms with E-state index in [1.165, 1.54) is 0 Å². The summed E-state index contributed by atoms with van der Waals surface area (Å²) in [7, 11) is 0. The lowest BCUT2D eigenvalue weighted by molar-refractivity contribution is -0.151. The topological polar surface area (TPSA) is 70.5 Å². The first-order valence-electron chi connectivity index (χ1n) is 7.28. The van der Waals surface area contributed by atoms with Crippen LogP contribution in [0.2, 0.25) is 0 Å². The summed E-state index contributed by atoms with van der Waals surface area (Å²) in [6.45, 7) is 6.54. The number of hydrogen-bond acceptors (Lipinski definition) is 3. The third kappa shape index (κ3) is 3.06. The number of nitrogens with zero attached hydrogens (tertiary/aromatic N) is 2. The fourth-order valence-corrected chi connectivity index (χ4v) is 2.83. The number of carboxylic acids is 1. The van der Waals surface area contributed by atoms with Crippen molar-refractivity contribution in [3.8, 4) is 0 Å². The number of carbonyl (C=O) groups excluding carboxylic acids is 1. The second kappa shape index (κ2) is 5.84. The molecule has 0 saturated carbocycles. The molecule has 1 saturated heterocycles. The molecule has 1 aliphatic heterocycles. The molecule has 0 bridgehead atoms. The Hall–Kier alpha value is -1.91. The molecule has 1 atom stereocenters. The van der Waals surface area contributed by atoms with Gasteiger partial charge in [-0.25, -0.2) is 0 Å². The molecule has 0 radical (unpaired) electrons. The molecule has 1 aliphatic rings. The number of aromatic nitrogens is 1. The first kappa shape index (κ1) is 15.5. The van der Waals surface area contributed by atoms with Gasteiger partial charge in [0.05, 0.1) is 11.8 Å². The summed E-state index contributed by atoms with van der Waals surface area (Å²) >= 11 is 0. The molecule has 2 heterocycles. The number of aliphatic carboxylic acids is 1. The van der Waals surface area contributed by atoms with Crippen LogP contribution in [0.4, 0.5) is 0 Å². The Kier molecular flexibility index (Phi) is 4.30. The summed E-state index contributed by atoms with van der Waals surface area (Å²) in [5.41, 5.74) is 0.973. The minimum Gasteiger partial charge on any atom is -0.481 e. The lowest BCUT2D eigenvalue weighted by Gasteiger charge is -2.28. The standard InChI is InChI=1S/C16H22N2O3/c1-11(2)16(15(20)21)6-7-18(10-16)14(19)8-13-5-4-12(3)17-9-13/h4-5,9,11H,6-8,10H2,1-3H3,(H,20,21). The van der Waals surface area contributed by atoms with E-state index in [0.29, 0.717) is 19.5 Å². The van der Waals surface area contributed by atoms with Crippen LogP contribution < -0.4 is 0 Å². The Labute approximate surface area is 125 Å². The van der Waals surface area contributed by atoms with Crippen LogP contribution in [-0.4, -0.2) is 40.0 Å². The number of pyridine rings is 1. The van der Waals surface area contributed by atoms with Gasteiger partial charge in [-0.15, -0.1) is 0 Å². The SMILES string of the molecule is Cc1ccc(CC(=O)N2CCC(C(=O)O)(C(C)C)C2)cn1. The van der Waals surface area contributed by atoms with Crippen LogP contribution in [0, 0.1) is 18.3 Å². The number of carboxylic acid groups (broad SMARTS) is 1. The first-order chi connectivity index (χ1) is 9.85. The van der Waals surface area contributed by atoms with Gasteiger partial charge < -0.3 is 10.0 Å². The van der Waals surface area contributed by atoms with E-state index in [-0.39, 0.29) is 18.2 Å². The molecule has 1 aromatic rings. The lowest BCUT2D eigenvalue weighted by Crippen LogP contribution is -2.41. The third-order valence-corrected chi connectivity index (χ3v) is 4.51. The van der Waals surface area contributed by atoms with Crippen molar-refractivity contribution < 1.29 is 14.7 Å². The molecular formula is C16H22N2O3. The van der Waals surface area contributed by atoms with Crippen molar-refractivity contribution in [2.75, 3.05) is 13.1 Å². The molecule has 5 heteroatoms. The Morgan fingerprint density at radius 2 is 2.14 bits per heavy atom. The number of hydrogen-bond donors (Lipinski definition) is 1. The van der Waals surface area contributed by atoms with Crippen LogP contribution in [0.5, 0.6) is 0 Å². The summed E-state index contributed by atoms with van der Waals surface area (Å²) in [6, 6.07) is 3.77. The zero-order chi connectivity index (χ0) is 15.6. The molecule has 0 aromatic carbocycles. The maximum Gasteiger partial charge on any atom is 0.311 e. The Balaban J connectivity index is 2.05. The van der Waals surface area contributed by atoms with Gasteiger partial charge in [-0.3, -0.25) is 14.6 Å². The van der Waals surface area contributed by atoms with Crippen LogP contribution >= 0.6 is 0 Å². The van der Waals surface area contributed by atoms with Crippen LogP contribution in [0.1, 0.15) is 31.5 Å². The van der Waals surface area contributed by atoms with Gasteiger partial charge in [-0.1, -0.05) is 19.9 Å². The van der Waals surface area contributed by atoms with Crippen molar-refractivity contribution in [1.82, 2.24) is 9.88 Å². The zero-order valence-corrected chi connectivity index (χ0v) is 12.8. The Morgan fingerprint density at radius 3 is 2.62 bits per heavy atom. The summed E-state index contributed by atoms with van der Waals surface area (Å²) in [5, 5.41) is 9.51. The van der Waals surface area contributed by atoms with Crippen molar-refractivity contribution in [3.63, 3.8) is 0 Å². The van der Waals surface area contributed by atoms with Gasteiger partial charge in [-0.2, -0.15) is 0 Å². The van der Waals surface area contributed by atoms with Gasteiger partial charge in [0.25, 0.3) is 0 Å². The van der Waals surface area contributed by atoms with E-state index in [1.807, 2.05) is 32.9 Å². The quantitative estimate of drug-likeness (QED) is 0.919. The fraction of sp³-hybridized carbons (Fsp3) is 0.562. The molecule has 1 aromatic heterocycles. The largest absolute Gasteiger partial charge is 0.481 e. The highest BCUT2D eigenvalue weighted by atomic mass is 16.4. The summed E-state index contributed by atoms with van der Waals surface area (Å²) in [5.74, 6) is -0.817. The monoisotopic (exact) mass is 290 g/mol. The minimum atomic E-state index is -0.804. The molecule has 21 heavy (non-hydrogen) atoms. The van der Waals surface area contributed by atoms with E-state index in [9.17, 15) is 14.7 Å². The van der Waals surface area contributed by atoms with Gasteiger partial charge in [0.1, 0.15) is 0 Å². The average molecular weight is 290 g/mol. The summed E-state index contributed by atoms with van der Waals surface area (Å²) in [4.78, 5) is 29.8. The number of amides is 1. The number of aryl methyl sites for hydroxylation is 1. The molecule has 114 valence electrons. The van der Waals surface area contributed by atoms with Crippen LogP contribution in [-0.2, 0) is 16.0 Å². The minimum absolute atomic E-state index is 0.00819. The Morgan fingerprint density at radius 1 is 1.43 bits per heavy atom. The predicted molar refractivity (Wildman–Crippen MR) is 78.8 cm³/mol. The first-order valence-corrected chi connectivity index (χ1v) is 7.28. The molecule has 5 nitrogen and oxygen atoms in total. The van der Waals surface area contributed by atoms with Crippen molar-refractivity contribution in [1.29, 1.82) is 0 Å². The maximum atomic E-state index is 12.3. The second-order valence-electron chi connectivity index (χ2n) is 6.17. The smallest absolute Gasteiger partial charge is 0.311 e.